The van der Waals surface area contributed by atoms with Gasteiger partial charge in [-0.15, -0.1) is 0 Å². The van der Waals surface area contributed by atoms with Gasteiger partial charge in [-0.1, -0.05) is 0 Å². The van der Waals surface area contributed by atoms with Crippen molar-refractivity contribution in [1.82, 2.24) is 10.6 Å². The second kappa shape index (κ2) is 3.49. The quantitative estimate of drug-likeness (QED) is 0.572. The highest BCUT2D eigenvalue weighted by molar-refractivity contribution is 5.23. The van der Waals surface area contributed by atoms with Gasteiger partial charge in [0.15, 0.2) is 0 Å². The van der Waals surface area contributed by atoms with Gasteiger partial charge in [0.25, 0.3) is 0 Å². The maximum Gasteiger partial charge on any atom is 0.123 e. The summed E-state index contributed by atoms with van der Waals surface area (Å²) in [5.74, 6) is 0.838. The van der Waals surface area contributed by atoms with E-state index in [0.29, 0.717) is 6.54 Å². The lowest BCUT2D eigenvalue weighted by Crippen LogP contribution is -2.38. The van der Waals surface area contributed by atoms with Gasteiger partial charge in [0.05, 0.1) is 18.9 Å². The SMILES string of the molecule is CNC1CNCc2occc2C1O. The molecule has 1 aliphatic rings. The number of likely N-dealkylation sites (N-methyl/N-ethyl adjacent to an activating group) is 1. The Morgan fingerprint density at radius 3 is 3.31 bits per heavy atom. The highest BCUT2D eigenvalue weighted by Crippen LogP contribution is 2.24. The van der Waals surface area contributed by atoms with Crippen molar-refractivity contribution in [1.29, 1.82) is 0 Å². The van der Waals surface area contributed by atoms with Crippen LogP contribution in [0.4, 0.5) is 0 Å². The molecule has 0 saturated heterocycles. The zero-order chi connectivity index (χ0) is 9.26. The molecule has 1 aliphatic heterocycles. The minimum atomic E-state index is -0.478. The van der Waals surface area contributed by atoms with Crippen molar-refractivity contribution < 1.29 is 9.52 Å². The van der Waals surface area contributed by atoms with Gasteiger partial charge in [-0.05, 0) is 13.1 Å². The molecule has 0 saturated carbocycles. The van der Waals surface area contributed by atoms with Gasteiger partial charge in [-0.2, -0.15) is 0 Å². The van der Waals surface area contributed by atoms with Crippen LogP contribution in [0.2, 0.25) is 0 Å². The van der Waals surface area contributed by atoms with E-state index in [4.69, 9.17) is 4.42 Å². The van der Waals surface area contributed by atoms with Crippen molar-refractivity contribution >= 4 is 0 Å². The minimum Gasteiger partial charge on any atom is -0.468 e. The summed E-state index contributed by atoms with van der Waals surface area (Å²) in [7, 11) is 1.85. The molecule has 2 heterocycles. The zero-order valence-electron chi connectivity index (χ0n) is 7.58. The van der Waals surface area contributed by atoms with Crippen LogP contribution in [0.15, 0.2) is 16.7 Å². The van der Waals surface area contributed by atoms with Gasteiger partial charge in [0.1, 0.15) is 5.76 Å². The van der Waals surface area contributed by atoms with Crippen molar-refractivity contribution in [2.75, 3.05) is 13.6 Å². The van der Waals surface area contributed by atoms with E-state index in [2.05, 4.69) is 10.6 Å². The van der Waals surface area contributed by atoms with Crippen LogP contribution >= 0.6 is 0 Å². The Kier molecular flexibility index (Phi) is 2.35. The average Bonchev–Trinajstić information content (AvgIpc) is 2.54. The van der Waals surface area contributed by atoms with E-state index in [0.717, 1.165) is 17.9 Å². The normalized spacial score (nSPS) is 28.2. The molecule has 0 bridgehead atoms. The monoisotopic (exact) mass is 182 g/mol. The molecule has 0 spiro atoms. The number of furan rings is 1. The van der Waals surface area contributed by atoms with Crippen molar-refractivity contribution in [2.45, 2.75) is 18.7 Å². The summed E-state index contributed by atoms with van der Waals surface area (Å²) < 4.78 is 5.25. The molecule has 2 unspecified atom stereocenters. The predicted octanol–water partition coefficient (Wildman–Crippen LogP) is 0.00420. The van der Waals surface area contributed by atoms with Crippen LogP contribution in [0.1, 0.15) is 17.4 Å². The first kappa shape index (κ1) is 8.74. The fraction of sp³-hybridized carbons (Fsp3) is 0.556. The number of hydrogen-bond acceptors (Lipinski definition) is 4. The summed E-state index contributed by atoms with van der Waals surface area (Å²) in [6.07, 6.45) is 1.14. The maximum absolute atomic E-state index is 9.93. The summed E-state index contributed by atoms with van der Waals surface area (Å²) in [5, 5.41) is 16.2. The number of nitrogens with one attached hydrogen (secondary N) is 2. The van der Waals surface area contributed by atoms with E-state index in [1.165, 1.54) is 0 Å². The summed E-state index contributed by atoms with van der Waals surface area (Å²) in [6.45, 7) is 1.44. The molecule has 2 atom stereocenters. The lowest BCUT2D eigenvalue weighted by Gasteiger charge is -2.19. The van der Waals surface area contributed by atoms with E-state index in [1.54, 1.807) is 6.26 Å². The topological polar surface area (TPSA) is 57.4 Å². The molecule has 0 amide bonds. The molecule has 0 fully saturated rings. The second-order valence-electron chi connectivity index (χ2n) is 3.27. The van der Waals surface area contributed by atoms with Crippen LogP contribution in [0, 0.1) is 0 Å². The highest BCUT2D eigenvalue weighted by atomic mass is 16.3. The molecule has 0 aliphatic carbocycles. The van der Waals surface area contributed by atoms with Gasteiger partial charge in [-0.25, -0.2) is 0 Å². The van der Waals surface area contributed by atoms with E-state index >= 15 is 0 Å². The fourth-order valence-electron chi connectivity index (χ4n) is 1.69. The predicted molar refractivity (Wildman–Crippen MR) is 48.2 cm³/mol. The Labute approximate surface area is 76.9 Å². The van der Waals surface area contributed by atoms with Crippen molar-refractivity contribution in [2.24, 2.45) is 0 Å². The third-order valence-electron chi connectivity index (χ3n) is 2.50. The smallest absolute Gasteiger partial charge is 0.123 e. The van der Waals surface area contributed by atoms with E-state index < -0.39 is 6.10 Å². The molecule has 1 aromatic rings. The fourth-order valence-corrected chi connectivity index (χ4v) is 1.69. The van der Waals surface area contributed by atoms with E-state index in [9.17, 15) is 5.11 Å². The van der Waals surface area contributed by atoms with Crippen LogP contribution in [0.25, 0.3) is 0 Å². The van der Waals surface area contributed by atoms with E-state index in [1.807, 2.05) is 13.1 Å². The molecule has 0 aromatic carbocycles. The zero-order valence-corrected chi connectivity index (χ0v) is 7.58. The lowest BCUT2D eigenvalue weighted by molar-refractivity contribution is 0.134. The Bertz CT molecular complexity index is 285. The Balaban J connectivity index is 2.29. The van der Waals surface area contributed by atoms with E-state index in [-0.39, 0.29) is 6.04 Å². The number of fused-ring (bicyclic) bond motifs is 1. The third-order valence-corrected chi connectivity index (χ3v) is 2.50. The standard InChI is InChI=1S/C9H14N2O2/c1-10-7-4-11-5-8-6(9(7)12)2-3-13-8/h2-3,7,9-12H,4-5H2,1H3. The molecule has 72 valence electrons. The van der Waals surface area contributed by atoms with Crippen molar-refractivity contribution in [3.8, 4) is 0 Å². The first-order valence-electron chi connectivity index (χ1n) is 4.45. The summed E-state index contributed by atoms with van der Waals surface area (Å²) in [4.78, 5) is 0. The van der Waals surface area contributed by atoms with Gasteiger partial charge in [0.2, 0.25) is 0 Å². The summed E-state index contributed by atoms with van der Waals surface area (Å²) in [5.41, 5.74) is 0.893. The third kappa shape index (κ3) is 1.48. The Hall–Kier alpha value is -0.840. The largest absolute Gasteiger partial charge is 0.468 e. The first-order valence-corrected chi connectivity index (χ1v) is 4.45. The lowest BCUT2D eigenvalue weighted by atomic mass is 10.0. The summed E-state index contributed by atoms with van der Waals surface area (Å²) in [6, 6.07) is 1.89. The minimum absolute atomic E-state index is 0.0545. The molecule has 2 rings (SSSR count). The molecular weight excluding hydrogens is 168 g/mol. The number of hydrogen-bond donors (Lipinski definition) is 3. The Morgan fingerprint density at radius 1 is 1.69 bits per heavy atom. The molecule has 1 aromatic heterocycles. The van der Waals surface area contributed by atoms with Crippen LogP contribution < -0.4 is 10.6 Å². The van der Waals surface area contributed by atoms with Gasteiger partial charge < -0.3 is 20.2 Å². The first-order chi connectivity index (χ1) is 6.33. The van der Waals surface area contributed by atoms with Crippen LogP contribution in [-0.2, 0) is 6.54 Å². The molecule has 0 radical (unpaired) electrons. The number of rotatable bonds is 1. The molecular formula is C9H14N2O2. The maximum atomic E-state index is 9.93. The number of aliphatic hydroxyl groups is 1. The molecule has 4 nitrogen and oxygen atoms in total. The van der Waals surface area contributed by atoms with Gasteiger partial charge >= 0.3 is 0 Å². The van der Waals surface area contributed by atoms with Crippen molar-refractivity contribution in [3.63, 3.8) is 0 Å². The van der Waals surface area contributed by atoms with Gasteiger partial charge in [0, 0.05) is 18.2 Å². The summed E-state index contributed by atoms with van der Waals surface area (Å²) >= 11 is 0. The van der Waals surface area contributed by atoms with Crippen molar-refractivity contribution in [3.05, 3.63) is 23.7 Å². The highest BCUT2D eigenvalue weighted by Gasteiger charge is 2.26. The van der Waals surface area contributed by atoms with Crippen LogP contribution in [0.5, 0.6) is 0 Å². The Morgan fingerprint density at radius 2 is 2.54 bits per heavy atom. The molecule has 13 heavy (non-hydrogen) atoms. The average molecular weight is 182 g/mol. The number of aliphatic hydroxyl groups excluding tert-OH is 1. The van der Waals surface area contributed by atoms with Gasteiger partial charge in [-0.3, -0.25) is 0 Å². The van der Waals surface area contributed by atoms with Crippen LogP contribution in [-0.4, -0.2) is 24.7 Å². The second-order valence-corrected chi connectivity index (χ2v) is 3.27. The molecule has 4 heteroatoms. The van der Waals surface area contributed by atoms with Crippen LogP contribution in [0.3, 0.4) is 0 Å². The molecule has 3 N–H and O–H groups in total.